The van der Waals surface area contributed by atoms with E-state index in [1.54, 1.807) is 0 Å². The zero-order valence-corrected chi connectivity index (χ0v) is 10.0. The van der Waals surface area contributed by atoms with Gasteiger partial charge in [-0.3, -0.25) is 4.79 Å². The van der Waals surface area contributed by atoms with E-state index in [1.807, 2.05) is 22.4 Å². The van der Waals surface area contributed by atoms with Crippen LogP contribution in [0.25, 0.3) is 0 Å². The van der Waals surface area contributed by atoms with Crippen molar-refractivity contribution >= 4 is 17.2 Å². The zero-order valence-electron chi connectivity index (χ0n) is 9.19. The molecule has 0 saturated carbocycles. The minimum atomic E-state index is 0.212. The lowest BCUT2D eigenvalue weighted by molar-refractivity contribution is 0.0753. The maximum absolute atomic E-state index is 12.2. The number of likely N-dealkylation sites (tertiary alicyclic amines) is 1. The van der Waals surface area contributed by atoms with Gasteiger partial charge in [0.2, 0.25) is 0 Å². The van der Waals surface area contributed by atoms with Gasteiger partial charge in [-0.15, -0.1) is 11.3 Å². The molecule has 2 bridgehead atoms. The van der Waals surface area contributed by atoms with Crippen molar-refractivity contribution in [1.82, 2.24) is 10.2 Å². The first-order chi connectivity index (χ1) is 7.83. The Morgan fingerprint density at radius 3 is 3.06 bits per heavy atom. The first-order valence-electron chi connectivity index (χ1n) is 5.92. The molecule has 2 fully saturated rings. The Morgan fingerprint density at radius 2 is 2.25 bits per heavy atom. The summed E-state index contributed by atoms with van der Waals surface area (Å²) in [5, 5.41) is 5.56. The smallest absolute Gasteiger partial charge is 0.263 e. The molecular weight excluding hydrogens is 220 g/mol. The number of nitrogens with zero attached hydrogens (tertiary/aromatic N) is 1. The standard InChI is InChI=1S/C12H16N2OS/c15-12(11-2-1-7-16-11)14-6-5-9-3-4-10(8-14)13-9/h1-2,7,9-10,13H,3-6,8H2. The molecule has 16 heavy (non-hydrogen) atoms. The Morgan fingerprint density at radius 1 is 1.38 bits per heavy atom. The molecule has 0 spiro atoms. The third kappa shape index (κ3) is 1.87. The van der Waals surface area contributed by atoms with Gasteiger partial charge in [-0.1, -0.05) is 6.07 Å². The van der Waals surface area contributed by atoms with Crippen molar-refractivity contribution in [3.63, 3.8) is 0 Å². The van der Waals surface area contributed by atoms with Crippen LogP contribution < -0.4 is 5.32 Å². The second-order valence-electron chi connectivity index (χ2n) is 4.66. The van der Waals surface area contributed by atoms with Gasteiger partial charge in [-0.2, -0.15) is 0 Å². The predicted octanol–water partition coefficient (Wildman–Crippen LogP) is 1.71. The van der Waals surface area contributed by atoms with E-state index in [-0.39, 0.29) is 5.91 Å². The van der Waals surface area contributed by atoms with Gasteiger partial charge >= 0.3 is 0 Å². The Labute approximate surface area is 99.5 Å². The van der Waals surface area contributed by atoms with Crippen LogP contribution in [0.15, 0.2) is 17.5 Å². The van der Waals surface area contributed by atoms with Gasteiger partial charge in [0.15, 0.2) is 0 Å². The molecule has 0 aliphatic carbocycles. The summed E-state index contributed by atoms with van der Waals surface area (Å²) < 4.78 is 0. The molecule has 1 N–H and O–H groups in total. The van der Waals surface area contributed by atoms with Gasteiger partial charge in [0, 0.05) is 25.2 Å². The van der Waals surface area contributed by atoms with Crippen molar-refractivity contribution in [3.8, 4) is 0 Å². The second kappa shape index (κ2) is 4.18. The maximum atomic E-state index is 12.2. The number of nitrogens with one attached hydrogen (secondary N) is 1. The predicted molar refractivity (Wildman–Crippen MR) is 64.8 cm³/mol. The normalized spacial score (nSPS) is 29.1. The molecule has 0 aromatic carbocycles. The van der Waals surface area contributed by atoms with E-state index in [0.717, 1.165) is 24.4 Å². The van der Waals surface area contributed by atoms with E-state index < -0.39 is 0 Å². The summed E-state index contributed by atoms with van der Waals surface area (Å²) in [6, 6.07) is 5.03. The second-order valence-corrected chi connectivity index (χ2v) is 5.60. The van der Waals surface area contributed by atoms with Gasteiger partial charge < -0.3 is 10.2 Å². The van der Waals surface area contributed by atoms with Gasteiger partial charge in [0.1, 0.15) is 0 Å². The number of thiophene rings is 1. The molecule has 1 aromatic rings. The largest absolute Gasteiger partial charge is 0.336 e. The lowest BCUT2D eigenvalue weighted by Gasteiger charge is -2.23. The van der Waals surface area contributed by atoms with E-state index >= 15 is 0 Å². The highest BCUT2D eigenvalue weighted by Gasteiger charge is 2.31. The molecule has 2 atom stereocenters. The average Bonchev–Trinajstić information content (AvgIpc) is 2.87. The molecule has 2 aliphatic rings. The summed E-state index contributed by atoms with van der Waals surface area (Å²) in [5.74, 6) is 0.212. The minimum absolute atomic E-state index is 0.212. The number of hydrogen-bond donors (Lipinski definition) is 1. The summed E-state index contributed by atoms with van der Waals surface area (Å²) in [5.41, 5.74) is 0. The van der Waals surface area contributed by atoms with Crippen molar-refractivity contribution < 1.29 is 4.79 Å². The highest BCUT2D eigenvalue weighted by Crippen LogP contribution is 2.22. The Hall–Kier alpha value is -0.870. The van der Waals surface area contributed by atoms with Crippen LogP contribution in [0.1, 0.15) is 28.9 Å². The summed E-state index contributed by atoms with van der Waals surface area (Å²) >= 11 is 1.54. The van der Waals surface area contributed by atoms with Crippen LogP contribution in [0.5, 0.6) is 0 Å². The third-order valence-corrected chi connectivity index (χ3v) is 4.40. The summed E-state index contributed by atoms with van der Waals surface area (Å²) in [6.07, 6.45) is 3.61. The minimum Gasteiger partial charge on any atom is -0.336 e. The SMILES string of the molecule is O=C(c1cccs1)N1CCC2CCC(C1)N2. The molecule has 3 heterocycles. The Bertz CT molecular complexity index is 376. The Kier molecular flexibility index (Phi) is 2.69. The van der Waals surface area contributed by atoms with Crippen molar-refractivity contribution in [2.45, 2.75) is 31.3 Å². The molecule has 3 nitrogen and oxygen atoms in total. The fourth-order valence-corrected chi connectivity index (χ4v) is 3.37. The zero-order chi connectivity index (χ0) is 11.0. The topological polar surface area (TPSA) is 32.3 Å². The van der Waals surface area contributed by atoms with E-state index in [9.17, 15) is 4.79 Å². The van der Waals surface area contributed by atoms with E-state index in [0.29, 0.717) is 12.1 Å². The fraction of sp³-hybridized carbons (Fsp3) is 0.583. The van der Waals surface area contributed by atoms with Gasteiger partial charge in [-0.05, 0) is 30.7 Å². The highest BCUT2D eigenvalue weighted by molar-refractivity contribution is 7.12. The van der Waals surface area contributed by atoms with Crippen LogP contribution >= 0.6 is 11.3 Å². The number of carbonyl (C=O) groups excluding carboxylic acids is 1. The number of fused-ring (bicyclic) bond motifs is 2. The van der Waals surface area contributed by atoms with E-state index in [2.05, 4.69) is 5.32 Å². The average molecular weight is 236 g/mol. The summed E-state index contributed by atoms with van der Waals surface area (Å²) in [4.78, 5) is 15.1. The maximum Gasteiger partial charge on any atom is 0.263 e. The lowest BCUT2D eigenvalue weighted by Crippen LogP contribution is -2.38. The van der Waals surface area contributed by atoms with Crippen LogP contribution in [0, 0.1) is 0 Å². The molecule has 1 amide bonds. The molecule has 0 radical (unpaired) electrons. The van der Waals surface area contributed by atoms with Crippen LogP contribution in [0.2, 0.25) is 0 Å². The molecule has 1 aromatic heterocycles. The highest BCUT2D eigenvalue weighted by atomic mass is 32.1. The lowest BCUT2D eigenvalue weighted by atomic mass is 10.1. The first-order valence-corrected chi connectivity index (χ1v) is 6.80. The van der Waals surface area contributed by atoms with Crippen molar-refractivity contribution in [1.29, 1.82) is 0 Å². The van der Waals surface area contributed by atoms with Crippen LogP contribution in [-0.4, -0.2) is 36.0 Å². The number of rotatable bonds is 1. The van der Waals surface area contributed by atoms with E-state index in [4.69, 9.17) is 0 Å². The number of hydrogen-bond acceptors (Lipinski definition) is 3. The van der Waals surface area contributed by atoms with Crippen molar-refractivity contribution in [3.05, 3.63) is 22.4 Å². The number of carbonyl (C=O) groups is 1. The van der Waals surface area contributed by atoms with Gasteiger partial charge in [0.25, 0.3) is 5.91 Å². The first kappa shape index (κ1) is 10.3. The van der Waals surface area contributed by atoms with Crippen LogP contribution in [-0.2, 0) is 0 Å². The molecule has 3 rings (SSSR count). The van der Waals surface area contributed by atoms with Gasteiger partial charge in [0.05, 0.1) is 4.88 Å². The fourth-order valence-electron chi connectivity index (χ4n) is 2.68. The number of amides is 1. The monoisotopic (exact) mass is 236 g/mol. The van der Waals surface area contributed by atoms with Crippen molar-refractivity contribution in [2.24, 2.45) is 0 Å². The molecular formula is C12H16N2OS. The molecule has 2 aliphatic heterocycles. The van der Waals surface area contributed by atoms with Crippen LogP contribution in [0.3, 0.4) is 0 Å². The quantitative estimate of drug-likeness (QED) is 0.805. The molecule has 2 unspecified atom stereocenters. The molecule has 4 heteroatoms. The third-order valence-electron chi connectivity index (χ3n) is 3.54. The van der Waals surface area contributed by atoms with Crippen molar-refractivity contribution in [2.75, 3.05) is 13.1 Å². The summed E-state index contributed by atoms with van der Waals surface area (Å²) in [6.45, 7) is 1.79. The van der Waals surface area contributed by atoms with Gasteiger partial charge in [-0.25, -0.2) is 0 Å². The van der Waals surface area contributed by atoms with E-state index in [1.165, 1.54) is 24.2 Å². The molecule has 2 saturated heterocycles. The summed E-state index contributed by atoms with van der Waals surface area (Å²) in [7, 11) is 0. The Balaban J connectivity index is 1.73. The molecule has 86 valence electrons. The van der Waals surface area contributed by atoms with Crippen LogP contribution in [0.4, 0.5) is 0 Å².